The Labute approximate surface area is 336 Å². The maximum Gasteiger partial charge on any atom is 0.338 e. The van der Waals surface area contributed by atoms with Crippen LogP contribution in [0.25, 0.3) is 5.76 Å². The summed E-state index contributed by atoms with van der Waals surface area (Å²) in [6, 6.07) is 19.3. The number of unbranched alkanes of at least 4 members (excludes halogenated alkanes) is 2. The van der Waals surface area contributed by atoms with E-state index in [0.717, 1.165) is 37.3 Å². The molecule has 0 radical (unpaired) electrons. The highest BCUT2D eigenvalue weighted by Crippen LogP contribution is 2.26. The Bertz CT molecular complexity index is 1640. The lowest BCUT2D eigenvalue weighted by molar-refractivity contribution is -0.148. The lowest BCUT2D eigenvalue weighted by atomic mass is 10.1. The molecule has 13 nitrogen and oxygen atoms in total. The van der Waals surface area contributed by atoms with Gasteiger partial charge in [-0.25, -0.2) is 9.59 Å². The van der Waals surface area contributed by atoms with Gasteiger partial charge in [0.2, 0.25) is 0 Å². The molecular weight excluding hydrogens is 734 g/mol. The second-order valence-electron chi connectivity index (χ2n) is 12.8. The van der Waals surface area contributed by atoms with E-state index in [2.05, 4.69) is 13.2 Å². The van der Waals surface area contributed by atoms with Gasteiger partial charge in [-0.05, 0) is 91.9 Å². The third-order valence-electron chi connectivity index (χ3n) is 8.39. The number of nitrogens with one attached hydrogen (secondary N) is 1. The van der Waals surface area contributed by atoms with Gasteiger partial charge in [-0.2, -0.15) is 0 Å². The third-order valence-corrected chi connectivity index (χ3v) is 8.39. The molecule has 2 atom stereocenters. The van der Waals surface area contributed by atoms with Gasteiger partial charge in [0.25, 0.3) is 0 Å². The SMILES string of the molecule is C=CC(=O)OC(COCCCCOC)COc1ccc(C(=C)Oc2ccc(CCOC(=O)c3ccc(OCC(COCCCCOC)OC)cc3)cc2C=N)cc1. The van der Waals surface area contributed by atoms with Crippen LogP contribution in [0.2, 0.25) is 0 Å². The van der Waals surface area contributed by atoms with Crippen LogP contribution < -0.4 is 14.2 Å². The van der Waals surface area contributed by atoms with Crippen molar-refractivity contribution in [3.63, 3.8) is 0 Å². The summed E-state index contributed by atoms with van der Waals surface area (Å²) in [4.78, 5) is 24.5. The molecule has 13 heteroatoms. The summed E-state index contributed by atoms with van der Waals surface area (Å²) in [5.41, 5.74) is 2.52. The van der Waals surface area contributed by atoms with Crippen LogP contribution in [0.4, 0.5) is 0 Å². The highest BCUT2D eigenvalue weighted by Gasteiger charge is 2.16. The summed E-state index contributed by atoms with van der Waals surface area (Å²) in [5, 5.41) is 7.96. The first-order valence-electron chi connectivity index (χ1n) is 18.9. The molecule has 0 fully saturated rings. The molecule has 0 heterocycles. The molecule has 0 aliphatic carbocycles. The molecule has 310 valence electrons. The van der Waals surface area contributed by atoms with Crippen molar-refractivity contribution in [1.29, 1.82) is 5.41 Å². The van der Waals surface area contributed by atoms with Crippen molar-refractivity contribution in [1.82, 2.24) is 0 Å². The first kappa shape index (κ1) is 46.3. The van der Waals surface area contributed by atoms with Gasteiger partial charge in [0.1, 0.15) is 42.3 Å². The first-order valence-corrected chi connectivity index (χ1v) is 18.9. The van der Waals surface area contributed by atoms with Crippen molar-refractivity contribution in [3.8, 4) is 17.2 Å². The minimum Gasteiger partial charge on any atom is -0.491 e. The molecule has 3 aromatic rings. The van der Waals surface area contributed by atoms with E-state index in [0.29, 0.717) is 85.8 Å². The maximum absolute atomic E-state index is 12.7. The van der Waals surface area contributed by atoms with Crippen LogP contribution in [0, 0.1) is 5.41 Å². The molecule has 0 amide bonds. The van der Waals surface area contributed by atoms with Crippen molar-refractivity contribution in [2.45, 2.75) is 44.3 Å². The van der Waals surface area contributed by atoms with E-state index in [1.54, 1.807) is 75.9 Å². The molecule has 57 heavy (non-hydrogen) atoms. The molecule has 2 unspecified atom stereocenters. The van der Waals surface area contributed by atoms with Crippen LogP contribution in [0.15, 0.2) is 86.0 Å². The minimum atomic E-state index is -0.614. The van der Waals surface area contributed by atoms with Gasteiger partial charge in [0.15, 0.2) is 6.10 Å². The Morgan fingerprint density at radius 2 is 1.26 bits per heavy atom. The summed E-state index contributed by atoms with van der Waals surface area (Å²) in [6.45, 7) is 11.2. The Balaban J connectivity index is 1.43. The van der Waals surface area contributed by atoms with E-state index in [4.69, 9.17) is 52.8 Å². The summed E-state index contributed by atoms with van der Waals surface area (Å²) in [7, 11) is 4.95. The number of hydrogen-bond acceptors (Lipinski definition) is 13. The monoisotopic (exact) mass is 791 g/mol. The molecule has 0 aliphatic heterocycles. The fraction of sp³-hybridized carbons (Fsp3) is 0.432. The molecule has 0 aliphatic rings. The summed E-state index contributed by atoms with van der Waals surface area (Å²) in [6.07, 6.45) is 5.46. The van der Waals surface area contributed by atoms with E-state index in [1.165, 1.54) is 6.21 Å². The highest BCUT2D eigenvalue weighted by molar-refractivity contribution is 5.89. The molecule has 3 aromatic carbocycles. The van der Waals surface area contributed by atoms with Crippen molar-refractivity contribution in [3.05, 3.63) is 108 Å². The van der Waals surface area contributed by atoms with Crippen molar-refractivity contribution < 1.29 is 57.0 Å². The van der Waals surface area contributed by atoms with Crippen LogP contribution in [0.3, 0.4) is 0 Å². The predicted molar refractivity (Wildman–Crippen MR) is 217 cm³/mol. The van der Waals surface area contributed by atoms with E-state index in [-0.39, 0.29) is 25.9 Å². The van der Waals surface area contributed by atoms with Gasteiger partial charge >= 0.3 is 11.9 Å². The number of methoxy groups -OCH3 is 3. The molecule has 0 saturated heterocycles. The normalized spacial score (nSPS) is 11.9. The Hall–Kier alpha value is -5.05. The summed E-state index contributed by atoms with van der Waals surface area (Å²) < 4.78 is 55.5. The third kappa shape index (κ3) is 18.2. The number of benzene rings is 3. The first-order chi connectivity index (χ1) is 27.8. The molecule has 3 rings (SSSR count). The highest BCUT2D eigenvalue weighted by atomic mass is 16.6. The fourth-order valence-electron chi connectivity index (χ4n) is 5.14. The summed E-state index contributed by atoms with van der Waals surface area (Å²) >= 11 is 0. The van der Waals surface area contributed by atoms with E-state index in [9.17, 15) is 9.59 Å². The zero-order valence-electron chi connectivity index (χ0n) is 33.4. The lowest BCUT2D eigenvalue weighted by Crippen LogP contribution is -2.29. The average molecular weight is 792 g/mol. The zero-order valence-corrected chi connectivity index (χ0v) is 33.4. The molecule has 0 saturated carbocycles. The molecule has 1 N–H and O–H groups in total. The second kappa shape index (κ2) is 27.5. The van der Waals surface area contributed by atoms with Crippen LogP contribution in [0.5, 0.6) is 17.2 Å². The largest absolute Gasteiger partial charge is 0.491 e. The van der Waals surface area contributed by atoms with Gasteiger partial charge in [0, 0.05) is 77.6 Å². The summed E-state index contributed by atoms with van der Waals surface area (Å²) in [5.74, 6) is 0.979. The zero-order chi connectivity index (χ0) is 41.1. The molecule has 0 aromatic heterocycles. The molecular formula is C44H57NO12. The molecule has 0 bridgehead atoms. The van der Waals surface area contributed by atoms with E-state index >= 15 is 0 Å². The van der Waals surface area contributed by atoms with Crippen molar-refractivity contribution in [2.24, 2.45) is 0 Å². The van der Waals surface area contributed by atoms with Gasteiger partial charge in [-0.3, -0.25) is 0 Å². The number of hydrogen-bond donors (Lipinski definition) is 1. The number of carbonyl (C=O) groups excluding carboxylic acids is 2. The number of rotatable bonds is 31. The Morgan fingerprint density at radius 3 is 1.82 bits per heavy atom. The number of ether oxygens (including phenoxy) is 10. The van der Waals surface area contributed by atoms with Gasteiger partial charge in [0.05, 0.1) is 25.4 Å². The Kier molecular flexibility index (Phi) is 22.4. The smallest absolute Gasteiger partial charge is 0.338 e. The van der Waals surface area contributed by atoms with Crippen LogP contribution >= 0.6 is 0 Å². The van der Waals surface area contributed by atoms with Crippen molar-refractivity contribution in [2.75, 3.05) is 80.8 Å². The van der Waals surface area contributed by atoms with E-state index in [1.807, 2.05) is 12.1 Å². The van der Waals surface area contributed by atoms with Gasteiger partial charge in [-0.15, -0.1) is 0 Å². The van der Waals surface area contributed by atoms with Crippen molar-refractivity contribution >= 4 is 23.9 Å². The predicted octanol–water partition coefficient (Wildman–Crippen LogP) is 6.89. The topological polar surface area (TPSA) is 150 Å². The maximum atomic E-state index is 12.7. The van der Waals surface area contributed by atoms with Crippen LogP contribution in [-0.2, 0) is 44.4 Å². The number of carbonyl (C=O) groups is 2. The van der Waals surface area contributed by atoms with Gasteiger partial charge in [-0.1, -0.05) is 19.2 Å². The minimum absolute atomic E-state index is 0.0925. The quantitative estimate of drug-likeness (QED) is 0.0238. The molecule has 0 spiro atoms. The van der Waals surface area contributed by atoms with Crippen LogP contribution in [0.1, 0.15) is 52.7 Å². The standard InChI is InChI=1S/C44H57NO12/c1-6-43(46)57-41(30-52-25-10-8-23-49-4)32-55-38-16-12-35(13-17-38)33(2)56-42-20-11-34(27-37(42)28-45)21-26-53-44(47)36-14-18-39(19-15-36)54-31-40(50-5)29-51-24-9-7-22-48-3/h6,11-20,27-28,40-41,45H,1-2,7-10,21-26,29-32H2,3-5H3. The van der Waals surface area contributed by atoms with Crippen LogP contribution in [-0.4, -0.2) is 111 Å². The lowest BCUT2D eigenvalue weighted by Gasteiger charge is -2.18. The fourth-order valence-corrected chi connectivity index (χ4v) is 5.14. The van der Waals surface area contributed by atoms with E-state index < -0.39 is 18.0 Å². The second-order valence-corrected chi connectivity index (χ2v) is 12.8. The average Bonchev–Trinajstić information content (AvgIpc) is 3.24. The Morgan fingerprint density at radius 1 is 0.702 bits per heavy atom. The van der Waals surface area contributed by atoms with Gasteiger partial charge < -0.3 is 52.8 Å². The number of esters is 2.